The molecular formula is C16H12BrClO3. The summed E-state index contributed by atoms with van der Waals surface area (Å²) >= 11 is 9.33. The van der Waals surface area contributed by atoms with E-state index in [1.165, 1.54) is 6.08 Å². The van der Waals surface area contributed by atoms with Gasteiger partial charge in [0.1, 0.15) is 12.4 Å². The minimum Gasteiger partial charge on any atom is -0.488 e. The van der Waals surface area contributed by atoms with Gasteiger partial charge in [0, 0.05) is 21.1 Å². The molecule has 0 unspecified atom stereocenters. The van der Waals surface area contributed by atoms with Crippen molar-refractivity contribution >= 4 is 39.6 Å². The lowest BCUT2D eigenvalue weighted by Gasteiger charge is -2.10. The van der Waals surface area contributed by atoms with E-state index in [1.54, 1.807) is 18.2 Å². The van der Waals surface area contributed by atoms with Crippen molar-refractivity contribution in [1.29, 1.82) is 0 Å². The van der Waals surface area contributed by atoms with Crippen LogP contribution in [0.5, 0.6) is 5.75 Å². The minimum atomic E-state index is -1.02. The van der Waals surface area contributed by atoms with E-state index in [4.69, 9.17) is 21.4 Å². The molecule has 0 saturated carbocycles. The highest BCUT2D eigenvalue weighted by molar-refractivity contribution is 9.10. The molecule has 0 bridgehead atoms. The van der Waals surface area contributed by atoms with Crippen LogP contribution in [-0.2, 0) is 11.4 Å². The van der Waals surface area contributed by atoms with Crippen molar-refractivity contribution < 1.29 is 14.6 Å². The van der Waals surface area contributed by atoms with E-state index in [0.717, 1.165) is 16.1 Å². The summed E-state index contributed by atoms with van der Waals surface area (Å²) in [6.45, 7) is 0.384. The van der Waals surface area contributed by atoms with Crippen molar-refractivity contribution in [2.45, 2.75) is 6.61 Å². The molecule has 0 atom stereocenters. The van der Waals surface area contributed by atoms with Crippen molar-refractivity contribution in [2.24, 2.45) is 0 Å². The molecule has 3 nitrogen and oxygen atoms in total. The number of halogens is 2. The highest BCUT2D eigenvalue weighted by Gasteiger charge is 2.04. The molecule has 0 heterocycles. The Morgan fingerprint density at radius 3 is 2.81 bits per heavy atom. The highest BCUT2D eigenvalue weighted by Crippen LogP contribution is 2.25. The Balaban J connectivity index is 2.17. The van der Waals surface area contributed by atoms with Gasteiger partial charge >= 0.3 is 5.97 Å². The van der Waals surface area contributed by atoms with Gasteiger partial charge < -0.3 is 9.84 Å². The second-order valence-electron chi connectivity index (χ2n) is 4.27. The Morgan fingerprint density at radius 1 is 1.29 bits per heavy atom. The fraction of sp³-hybridized carbons (Fsp3) is 0.0625. The number of rotatable bonds is 5. The lowest BCUT2D eigenvalue weighted by molar-refractivity contribution is -0.131. The van der Waals surface area contributed by atoms with Gasteiger partial charge in [-0.3, -0.25) is 0 Å². The van der Waals surface area contributed by atoms with Gasteiger partial charge in [0.15, 0.2) is 0 Å². The van der Waals surface area contributed by atoms with Crippen LogP contribution in [0.15, 0.2) is 53.0 Å². The number of aliphatic carboxylic acids is 1. The van der Waals surface area contributed by atoms with Gasteiger partial charge in [-0.25, -0.2) is 4.79 Å². The summed E-state index contributed by atoms with van der Waals surface area (Å²) < 4.78 is 6.72. The summed E-state index contributed by atoms with van der Waals surface area (Å²) in [6.07, 6.45) is 2.52. The zero-order valence-corrected chi connectivity index (χ0v) is 13.3. The fourth-order valence-electron chi connectivity index (χ4n) is 1.73. The van der Waals surface area contributed by atoms with E-state index in [-0.39, 0.29) is 0 Å². The molecule has 0 aromatic heterocycles. The topological polar surface area (TPSA) is 46.5 Å². The van der Waals surface area contributed by atoms with E-state index >= 15 is 0 Å². The first-order valence-corrected chi connectivity index (χ1v) is 7.29. The molecule has 2 rings (SSSR count). The molecule has 0 fully saturated rings. The maximum Gasteiger partial charge on any atom is 0.328 e. The molecule has 0 saturated heterocycles. The predicted octanol–water partition coefficient (Wildman–Crippen LogP) is 4.78. The molecule has 0 radical (unpaired) electrons. The number of carbonyl (C=O) groups is 1. The maximum absolute atomic E-state index is 10.6. The number of carboxylic acids is 1. The number of hydrogen-bond acceptors (Lipinski definition) is 2. The fourth-order valence-corrected chi connectivity index (χ4v) is 2.36. The van der Waals surface area contributed by atoms with Crippen molar-refractivity contribution in [3.63, 3.8) is 0 Å². The monoisotopic (exact) mass is 366 g/mol. The van der Waals surface area contributed by atoms with Crippen LogP contribution in [0.3, 0.4) is 0 Å². The van der Waals surface area contributed by atoms with Crippen molar-refractivity contribution in [3.05, 3.63) is 69.2 Å². The summed E-state index contributed by atoms with van der Waals surface area (Å²) in [5, 5.41) is 9.23. The maximum atomic E-state index is 10.6. The average molecular weight is 368 g/mol. The van der Waals surface area contributed by atoms with Gasteiger partial charge in [0.05, 0.1) is 0 Å². The summed E-state index contributed by atoms with van der Waals surface area (Å²) in [7, 11) is 0. The van der Waals surface area contributed by atoms with Crippen LogP contribution in [0.2, 0.25) is 5.02 Å². The third kappa shape index (κ3) is 4.92. The van der Waals surface area contributed by atoms with Gasteiger partial charge in [0.25, 0.3) is 0 Å². The van der Waals surface area contributed by atoms with Crippen LogP contribution >= 0.6 is 27.5 Å². The number of ether oxygens (including phenoxy) is 1. The molecule has 0 aliphatic heterocycles. The van der Waals surface area contributed by atoms with Gasteiger partial charge in [-0.05, 0) is 42.0 Å². The number of hydrogen-bond donors (Lipinski definition) is 1. The zero-order chi connectivity index (χ0) is 15.2. The lowest BCUT2D eigenvalue weighted by Crippen LogP contribution is -1.97. The smallest absolute Gasteiger partial charge is 0.328 e. The third-order valence-electron chi connectivity index (χ3n) is 2.66. The average Bonchev–Trinajstić information content (AvgIpc) is 2.44. The Morgan fingerprint density at radius 2 is 2.10 bits per heavy atom. The second-order valence-corrected chi connectivity index (χ2v) is 5.62. The Kier molecular flexibility index (Phi) is 5.42. The third-order valence-corrected chi connectivity index (χ3v) is 3.39. The molecule has 2 aromatic rings. The second kappa shape index (κ2) is 7.29. The quantitative estimate of drug-likeness (QED) is 0.774. The first kappa shape index (κ1) is 15.6. The summed E-state index contributed by atoms with van der Waals surface area (Å²) in [6, 6.07) is 12.9. The van der Waals surface area contributed by atoms with E-state index in [9.17, 15) is 4.79 Å². The van der Waals surface area contributed by atoms with Crippen LogP contribution in [0.25, 0.3) is 6.08 Å². The van der Waals surface area contributed by atoms with Crippen molar-refractivity contribution in [3.8, 4) is 5.75 Å². The van der Waals surface area contributed by atoms with Gasteiger partial charge in [-0.15, -0.1) is 0 Å². The Bertz CT molecular complexity index is 683. The first-order valence-electron chi connectivity index (χ1n) is 6.12. The van der Waals surface area contributed by atoms with Crippen molar-refractivity contribution in [1.82, 2.24) is 0 Å². The van der Waals surface area contributed by atoms with E-state index in [2.05, 4.69) is 15.9 Å². The summed E-state index contributed by atoms with van der Waals surface area (Å²) in [5.74, 6) is -0.440. The van der Waals surface area contributed by atoms with E-state index < -0.39 is 5.97 Å². The SMILES string of the molecule is O=C(O)/C=C/c1cc(Cl)ccc1OCc1cccc(Br)c1. The number of carboxylic acid groups (broad SMARTS) is 1. The summed E-state index contributed by atoms with van der Waals surface area (Å²) in [5.41, 5.74) is 1.63. The first-order chi connectivity index (χ1) is 10.0. The minimum absolute atomic E-state index is 0.384. The van der Waals surface area contributed by atoms with Crippen LogP contribution in [-0.4, -0.2) is 11.1 Å². The van der Waals surface area contributed by atoms with Crippen LogP contribution in [0.1, 0.15) is 11.1 Å². The zero-order valence-electron chi connectivity index (χ0n) is 10.9. The predicted molar refractivity (Wildman–Crippen MR) is 86.6 cm³/mol. The normalized spacial score (nSPS) is 10.8. The lowest BCUT2D eigenvalue weighted by atomic mass is 10.2. The largest absolute Gasteiger partial charge is 0.488 e. The van der Waals surface area contributed by atoms with Crippen LogP contribution in [0, 0.1) is 0 Å². The molecule has 0 aliphatic carbocycles. The van der Waals surface area contributed by atoms with Gasteiger partial charge in [-0.1, -0.05) is 39.7 Å². The molecule has 0 amide bonds. The molecule has 2 aromatic carbocycles. The molecule has 108 valence electrons. The Hall–Kier alpha value is -1.78. The molecule has 0 aliphatic rings. The molecule has 0 spiro atoms. The molecular weight excluding hydrogens is 356 g/mol. The van der Waals surface area contributed by atoms with Crippen LogP contribution in [0.4, 0.5) is 0 Å². The summed E-state index contributed by atoms with van der Waals surface area (Å²) in [4.78, 5) is 10.6. The number of benzene rings is 2. The van der Waals surface area contributed by atoms with Crippen LogP contribution < -0.4 is 4.74 Å². The molecule has 5 heteroatoms. The van der Waals surface area contributed by atoms with Crippen molar-refractivity contribution in [2.75, 3.05) is 0 Å². The van der Waals surface area contributed by atoms with Gasteiger partial charge in [0.2, 0.25) is 0 Å². The van der Waals surface area contributed by atoms with E-state index in [0.29, 0.717) is 22.9 Å². The standard InChI is InChI=1S/C16H12BrClO3/c17-13-3-1-2-11(8-13)10-21-15-6-5-14(18)9-12(15)4-7-16(19)20/h1-9H,10H2,(H,19,20)/b7-4+. The van der Waals surface area contributed by atoms with E-state index in [1.807, 2.05) is 24.3 Å². The highest BCUT2D eigenvalue weighted by atomic mass is 79.9. The van der Waals surface area contributed by atoms with Gasteiger partial charge in [-0.2, -0.15) is 0 Å². The molecule has 1 N–H and O–H groups in total. The Labute approximate surface area is 135 Å². The molecule has 21 heavy (non-hydrogen) atoms.